The fourth-order valence-corrected chi connectivity index (χ4v) is 3.89. The Morgan fingerprint density at radius 1 is 1.10 bits per heavy atom. The number of amides is 1. The van der Waals surface area contributed by atoms with Gasteiger partial charge in [0.05, 0.1) is 0 Å². The summed E-state index contributed by atoms with van der Waals surface area (Å²) in [6, 6.07) is 15.7. The van der Waals surface area contributed by atoms with Gasteiger partial charge < -0.3 is 4.90 Å². The van der Waals surface area contributed by atoms with Crippen LogP contribution in [0, 0.1) is 6.92 Å². The highest BCUT2D eigenvalue weighted by atomic mass is 16.2. The summed E-state index contributed by atoms with van der Waals surface area (Å²) < 4.78 is 1.82. The first-order valence-corrected chi connectivity index (χ1v) is 9.80. The number of rotatable bonds is 3. The van der Waals surface area contributed by atoms with Crippen LogP contribution < -0.4 is 0 Å². The van der Waals surface area contributed by atoms with Gasteiger partial charge in [0.25, 0.3) is 5.91 Å². The van der Waals surface area contributed by atoms with Gasteiger partial charge in [0.1, 0.15) is 0 Å². The maximum Gasteiger partial charge on any atom is 0.253 e. The summed E-state index contributed by atoms with van der Waals surface area (Å²) in [6.45, 7) is 3.39. The number of benzene rings is 1. The number of carbonyl (C=O) groups excluding carboxylic acids is 1. The SMILES string of the molecule is Cc1cccc(C(=O)N2CCC(c3nc4ccc(-c5cccnc5)cn4n3)C2)c1. The van der Waals surface area contributed by atoms with Crippen LogP contribution in [-0.4, -0.2) is 43.5 Å². The minimum Gasteiger partial charge on any atom is -0.338 e. The molecule has 6 nitrogen and oxygen atoms in total. The molecule has 1 aromatic carbocycles. The molecule has 144 valence electrons. The zero-order valence-corrected chi connectivity index (χ0v) is 16.2. The van der Waals surface area contributed by atoms with E-state index in [0.717, 1.165) is 46.7 Å². The second-order valence-corrected chi connectivity index (χ2v) is 7.54. The van der Waals surface area contributed by atoms with E-state index >= 15 is 0 Å². The van der Waals surface area contributed by atoms with Gasteiger partial charge in [-0.3, -0.25) is 9.78 Å². The third-order valence-corrected chi connectivity index (χ3v) is 5.45. The zero-order chi connectivity index (χ0) is 19.8. The number of likely N-dealkylation sites (tertiary alicyclic amines) is 1. The van der Waals surface area contributed by atoms with Crippen molar-refractivity contribution in [1.29, 1.82) is 0 Å². The first-order valence-electron chi connectivity index (χ1n) is 9.80. The Bertz CT molecular complexity index is 1180. The second-order valence-electron chi connectivity index (χ2n) is 7.54. The fraction of sp³-hybridized carbons (Fsp3) is 0.217. The topological polar surface area (TPSA) is 63.4 Å². The highest BCUT2D eigenvalue weighted by Gasteiger charge is 2.30. The number of carbonyl (C=O) groups is 1. The molecule has 1 atom stereocenters. The molecule has 3 aromatic heterocycles. The predicted octanol–water partition coefficient (Wildman–Crippen LogP) is 3.73. The van der Waals surface area contributed by atoms with Crippen molar-refractivity contribution in [2.75, 3.05) is 13.1 Å². The molecule has 5 rings (SSSR count). The molecular formula is C23H21N5O. The molecule has 1 amide bonds. The summed E-state index contributed by atoms with van der Waals surface area (Å²) in [4.78, 5) is 23.6. The van der Waals surface area contributed by atoms with E-state index in [0.29, 0.717) is 6.54 Å². The Morgan fingerprint density at radius 3 is 2.86 bits per heavy atom. The van der Waals surface area contributed by atoms with Gasteiger partial charge >= 0.3 is 0 Å². The van der Waals surface area contributed by atoms with E-state index in [1.165, 1.54) is 0 Å². The normalized spacial score (nSPS) is 16.4. The van der Waals surface area contributed by atoms with Crippen LogP contribution in [0.5, 0.6) is 0 Å². The van der Waals surface area contributed by atoms with E-state index in [2.05, 4.69) is 4.98 Å². The Kier molecular flexibility index (Phi) is 4.31. The van der Waals surface area contributed by atoms with Crippen molar-refractivity contribution < 1.29 is 4.79 Å². The molecule has 4 heterocycles. The first-order chi connectivity index (χ1) is 14.2. The third kappa shape index (κ3) is 3.38. The van der Waals surface area contributed by atoms with Gasteiger partial charge in [0, 0.05) is 54.3 Å². The van der Waals surface area contributed by atoms with Crippen molar-refractivity contribution in [2.24, 2.45) is 0 Å². The molecule has 29 heavy (non-hydrogen) atoms. The maximum atomic E-state index is 12.8. The smallest absolute Gasteiger partial charge is 0.253 e. The molecule has 0 spiro atoms. The van der Waals surface area contributed by atoms with Gasteiger partial charge in [-0.2, -0.15) is 5.10 Å². The average molecular weight is 383 g/mol. The van der Waals surface area contributed by atoms with Crippen molar-refractivity contribution in [2.45, 2.75) is 19.3 Å². The lowest BCUT2D eigenvalue weighted by Crippen LogP contribution is -2.28. The molecule has 1 fully saturated rings. The minimum atomic E-state index is 0.0822. The Hall–Kier alpha value is -3.54. The first kappa shape index (κ1) is 17.6. The largest absolute Gasteiger partial charge is 0.338 e. The lowest BCUT2D eigenvalue weighted by Gasteiger charge is -2.16. The maximum absolute atomic E-state index is 12.8. The van der Waals surface area contributed by atoms with Crippen LogP contribution in [0.15, 0.2) is 67.1 Å². The predicted molar refractivity (Wildman–Crippen MR) is 111 cm³/mol. The van der Waals surface area contributed by atoms with Crippen molar-refractivity contribution in [1.82, 2.24) is 24.5 Å². The van der Waals surface area contributed by atoms with Gasteiger partial charge in [-0.25, -0.2) is 9.50 Å². The summed E-state index contributed by atoms with van der Waals surface area (Å²) in [7, 11) is 0. The van der Waals surface area contributed by atoms with E-state index in [9.17, 15) is 4.79 Å². The van der Waals surface area contributed by atoms with Crippen LogP contribution in [0.4, 0.5) is 0 Å². The quantitative estimate of drug-likeness (QED) is 0.541. The van der Waals surface area contributed by atoms with Crippen LogP contribution >= 0.6 is 0 Å². The molecule has 1 aliphatic rings. The van der Waals surface area contributed by atoms with Crippen molar-refractivity contribution >= 4 is 11.6 Å². The Balaban J connectivity index is 1.37. The molecule has 4 aromatic rings. The lowest BCUT2D eigenvalue weighted by atomic mass is 10.1. The van der Waals surface area contributed by atoms with Crippen LogP contribution in [0.1, 0.15) is 34.1 Å². The molecule has 1 aliphatic heterocycles. The van der Waals surface area contributed by atoms with E-state index in [4.69, 9.17) is 10.1 Å². The second kappa shape index (κ2) is 7.13. The van der Waals surface area contributed by atoms with Crippen molar-refractivity contribution in [3.05, 3.63) is 84.1 Å². The molecule has 0 aliphatic carbocycles. The van der Waals surface area contributed by atoms with Gasteiger partial charge in [-0.15, -0.1) is 0 Å². The molecular weight excluding hydrogens is 362 g/mol. The fourth-order valence-electron chi connectivity index (χ4n) is 3.89. The monoisotopic (exact) mass is 383 g/mol. The Labute approximate surface area is 168 Å². The van der Waals surface area contributed by atoms with Gasteiger partial charge in [0.15, 0.2) is 11.5 Å². The van der Waals surface area contributed by atoms with Crippen LogP contribution in [-0.2, 0) is 0 Å². The van der Waals surface area contributed by atoms with E-state index in [-0.39, 0.29) is 11.8 Å². The number of hydrogen-bond acceptors (Lipinski definition) is 4. The summed E-state index contributed by atoms with van der Waals surface area (Å²) >= 11 is 0. The van der Waals surface area contributed by atoms with E-state index < -0.39 is 0 Å². The van der Waals surface area contributed by atoms with E-state index in [1.807, 2.05) is 77.3 Å². The highest BCUT2D eigenvalue weighted by Crippen LogP contribution is 2.27. The number of aromatic nitrogens is 4. The molecule has 0 radical (unpaired) electrons. The standard InChI is InChI=1S/C23H21N5O/c1-16-4-2-5-17(12-16)23(29)27-11-9-20(14-27)22-25-21-8-7-19(15-28(21)26-22)18-6-3-10-24-13-18/h2-8,10,12-13,15,20H,9,11,14H2,1H3. The van der Waals surface area contributed by atoms with E-state index in [1.54, 1.807) is 6.20 Å². The molecule has 0 saturated carbocycles. The average Bonchev–Trinajstić information content (AvgIpc) is 3.40. The lowest BCUT2D eigenvalue weighted by molar-refractivity contribution is 0.0790. The van der Waals surface area contributed by atoms with Gasteiger partial charge in [-0.1, -0.05) is 23.8 Å². The summed E-state index contributed by atoms with van der Waals surface area (Å²) in [6.07, 6.45) is 6.46. The van der Waals surface area contributed by atoms with Crippen LogP contribution in [0.2, 0.25) is 0 Å². The zero-order valence-electron chi connectivity index (χ0n) is 16.2. The molecule has 1 saturated heterocycles. The molecule has 0 N–H and O–H groups in total. The summed E-state index contributed by atoms with van der Waals surface area (Å²) in [5.74, 6) is 1.04. The number of hydrogen-bond donors (Lipinski definition) is 0. The van der Waals surface area contributed by atoms with Gasteiger partial charge in [0.2, 0.25) is 0 Å². The van der Waals surface area contributed by atoms with Crippen LogP contribution in [0.3, 0.4) is 0 Å². The number of pyridine rings is 2. The van der Waals surface area contributed by atoms with Crippen molar-refractivity contribution in [3.8, 4) is 11.1 Å². The summed E-state index contributed by atoms with van der Waals surface area (Å²) in [5.41, 5.74) is 4.75. The minimum absolute atomic E-state index is 0.0822. The third-order valence-electron chi connectivity index (χ3n) is 5.45. The highest BCUT2D eigenvalue weighted by molar-refractivity contribution is 5.94. The summed E-state index contributed by atoms with van der Waals surface area (Å²) in [5, 5.41) is 4.71. The van der Waals surface area contributed by atoms with Gasteiger partial charge in [-0.05, 0) is 43.7 Å². The van der Waals surface area contributed by atoms with Crippen molar-refractivity contribution in [3.63, 3.8) is 0 Å². The molecule has 0 bridgehead atoms. The number of fused-ring (bicyclic) bond motifs is 1. The Morgan fingerprint density at radius 2 is 2.03 bits per heavy atom. The number of nitrogens with zero attached hydrogens (tertiary/aromatic N) is 5. The van der Waals surface area contributed by atoms with Crippen LogP contribution in [0.25, 0.3) is 16.8 Å². The number of aryl methyl sites for hydroxylation is 1. The molecule has 1 unspecified atom stereocenters. The molecule has 6 heteroatoms.